The lowest BCUT2D eigenvalue weighted by molar-refractivity contribution is -0.753. The molecular formula is C9H12N3O3+. The first-order chi connectivity index (χ1) is 7.13. The van der Waals surface area contributed by atoms with Crippen LogP contribution in [-0.2, 0) is 11.3 Å². The van der Waals surface area contributed by atoms with Gasteiger partial charge in [-0.05, 0) is 5.10 Å². The van der Waals surface area contributed by atoms with Gasteiger partial charge in [-0.25, -0.2) is 0 Å². The first kappa shape index (κ1) is 11.1. The number of aryl methyl sites for hydroxylation is 1. The molecule has 6 nitrogen and oxygen atoms in total. The minimum Gasteiger partial charge on any atom is -0.481 e. The molecule has 0 atom stereocenters. The Kier molecular flexibility index (Phi) is 3.73. The fraction of sp³-hybridized carbons (Fsp3) is 0.333. The number of aliphatic carboxylic acids is 1. The highest BCUT2D eigenvalue weighted by Gasteiger charge is 2.09. The predicted octanol–water partition coefficient (Wildman–Crippen LogP) is -0.797. The van der Waals surface area contributed by atoms with Crippen molar-refractivity contribution < 1.29 is 19.4 Å². The standard InChI is InChI=1S/C9H11N3O3/c1-10-9(15)7-2-4-12(11-6-7)5-3-8(13)14/h2,4,6H,3,5H2,1H3,(H-,10,13,14,15)/p+1. The lowest BCUT2D eigenvalue weighted by Gasteiger charge is -1.96. The van der Waals surface area contributed by atoms with Crippen LogP contribution in [0.3, 0.4) is 0 Å². The van der Waals surface area contributed by atoms with Crippen LogP contribution in [0.2, 0.25) is 0 Å². The molecule has 1 heterocycles. The SMILES string of the molecule is CNC(=O)c1cc[n+](CCC(=O)O)nc1. The summed E-state index contributed by atoms with van der Waals surface area (Å²) >= 11 is 0. The van der Waals surface area contributed by atoms with Gasteiger partial charge in [0, 0.05) is 13.1 Å². The molecule has 1 aromatic heterocycles. The molecule has 80 valence electrons. The van der Waals surface area contributed by atoms with Gasteiger partial charge in [0.15, 0.2) is 12.7 Å². The molecular weight excluding hydrogens is 198 g/mol. The average molecular weight is 210 g/mol. The van der Waals surface area contributed by atoms with E-state index < -0.39 is 5.97 Å². The van der Waals surface area contributed by atoms with Crippen LogP contribution in [0.25, 0.3) is 0 Å². The summed E-state index contributed by atoms with van der Waals surface area (Å²) in [6.45, 7) is 0.295. The molecule has 0 unspecified atom stereocenters. The number of amides is 1. The van der Waals surface area contributed by atoms with E-state index in [4.69, 9.17) is 5.11 Å². The number of nitrogens with one attached hydrogen (secondary N) is 1. The largest absolute Gasteiger partial charge is 0.481 e. The zero-order valence-electron chi connectivity index (χ0n) is 8.30. The van der Waals surface area contributed by atoms with Gasteiger partial charge < -0.3 is 10.4 Å². The second kappa shape index (κ2) is 5.04. The molecule has 0 saturated carbocycles. The van der Waals surface area contributed by atoms with Gasteiger partial charge in [-0.1, -0.05) is 4.68 Å². The van der Waals surface area contributed by atoms with Crippen molar-refractivity contribution in [1.82, 2.24) is 10.4 Å². The smallest absolute Gasteiger partial charge is 0.309 e. The summed E-state index contributed by atoms with van der Waals surface area (Å²) in [7, 11) is 1.54. The molecule has 0 aromatic carbocycles. The predicted molar refractivity (Wildman–Crippen MR) is 50.1 cm³/mol. The van der Waals surface area contributed by atoms with Gasteiger partial charge in [0.25, 0.3) is 5.91 Å². The minimum absolute atomic E-state index is 0.0109. The van der Waals surface area contributed by atoms with Gasteiger partial charge in [0.05, 0.1) is 5.56 Å². The highest BCUT2D eigenvalue weighted by atomic mass is 16.4. The molecule has 0 aliphatic rings. The first-order valence-corrected chi connectivity index (χ1v) is 4.43. The molecule has 0 bridgehead atoms. The number of carboxylic acids is 1. The summed E-state index contributed by atoms with van der Waals surface area (Å²) in [4.78, 5) is 21.4. The van der Waals surface area contributed by atoms with E-state index in [0.717, 1.165) is 0 Å². The molecule has 0 aliphatic heterocycles. The molecule has 1 rings (SSSR count). The lowest BCUT2D eigenvalue weighted by Crippen LogP contribution is -2.39. The van der Waals surface area contributed by atoms with Crippen molar-refractivity contribution in [1.29, 1.82) is 0 Å². The van der Waals surface area contributed by atoms with E-state index in [0.29, 0.717) is 12.1 Å². The second-order valence-corrected chi connectivity index (χ2v) is 2.90. The van der Waals surface area contributed by atoms with E-state index in [-0.39, 0.29) is 12.3 Å². The molecule has 0 aliphatic carbocycles. The number of nitrogens with zero attached hydrogens (tertiary/aromatic N) is 2. The van der Waals surface area contributed by atoms with Crippen LogP contribution >= 0.6 is 0 Å². The van der Waals surface area contributed by atoms with Crippen LogP contribution < -0.4 is 10.00 Å². The Morgan fingerprint density at radius 2 is 2.33 bits per heavy atom. The summed E-state index contributed by atoms with van der Waals surface area (Å²) in [5.41, 5.74) is 0.448. The highest BCUT2D eigenvalue weighted by molar-refractivity contribution is 5.93. The van der Waals surface area contributed by atoms with Crippen molar-refractivity contribution in [2.45, 2.75) is 13.0 Å². The summed E-state index contributed by atoms with van der Waals surface area (Å²) in [5.74, 6) is -1.09. The Bertz CT molecular complexity index is 361. The van der Waals surface area contributed by atoms with Crippen molar-refractivity contribution >= 4 is 11.9 Å². The van der Waals surface area contributed by atoms with Gasteiger partial charge in [0.1, 0.15) is 12.6 Å². The Balaban J connectivity index is 2.64. The van der Waals surface area contributed by atoms with Crippen molar-refractivity contribution in [2.24, 2.45) is 0 Å². The molecule has 1 amide bonds. The number of rotatable bonds is 4. The monoisotopic (exact) mass is 210 g/mol. The van der Waals surface area contributed by atoms with Gasteiger partial charge in [-0.3, -0.25) is 9.59 Å². The van der Waals surface area contributed by atoms with Gasteiger partial charge in [0.2, 0.25) is 0 Å². The summed E-state index contributed by atoms with van der Waals surface area (Å²) in [6, 6.07) is 1.59. The van der Waals surface area contributed by atoms with E-state index in [2.05, 4.69) is 10.4 Å². The van der Waals surface area contributed by atoms with Crippen molar-refractivity contribution in [2.75, 3.05) is 7.05 Å². The third-order valence-corrected chi connectivity index (χ3v) is 1.82. The second-order valence-electron chi connectivity index (χ2n) is 2.90. The molecule has 0 spiro atoms. The van der Waals surface area contributed by atoms with Crippen LogP contribution in [0.1, 0.15) is 16.8 Å². The number of aromatic nitrogens is 2. The summed E-state index contributed by atoms with van der Waals surface area (Å²) in [6.07, 6.45) is 2.99. The number of carbonyl (C=O) groups excluding carboxylic acids is 1. The van der Waals surface area contributed by atoms with E-state index >= 15 is 0 Å². The molecule has 2 N–H and O–H groups in total. The van der Waals surface area contributed by atoms with E-state index in [9.17, 15) is 9.59 Å². The van der Waals surface area contributed by atoms with Crippen LogP contribution in [0, 0.1) is 0 Å². The zero-order valence-corrected chi connectivity index (χ0v) is 8.30. The Labute approximate surface area is 86.5 Å². The number of hydrogen-bond acceptors (Lipinski definition) is 3. The van der Waals surface area contributed by atoms with Gasteiger partial charge >= 0.3 is 5.97 Å². The van der Waals surface area contributed by atoms with Gasteiger partial charge in [-0.15, -0.1) is 0 Å². The normalized spacial score (nSPS) is 9.67. The topological polar surface area (TPSA) is 83.2 Å². The molecule has 0 saturated heterocycles. The van der Waals surface area contributed by atoms with Crippen LogP contribution in [0.5, 0.6) is 0 Å². The number of carbonyl (C=O) groups is 2. The Morgan fingerprint density at radius 3 is 2.80 bits per heavy atom. The number of hydrogen-bond donors (Lipinski definition) is 2. The third kappa shape index (κ3) is 3.34. The van der Waals surface area contributed by atoms with Crippen molar-refractivity contribution in [3.63, 3.8) is 0 Å². The van der Waals surface area contributed by atoms with Crippen molar-refractivity contribution in [3.8, 4) is 0 Å². The molecule has 0 fully saturated rings. The number of carboxylic acid groups (broad SMARTS) is 1. The first-order valence-electron chi connectivity index (χ1n) is 4.43. The summed E-state index contributed by atoms with van der Waals surface area (Å²) < 4.78 is 1.47. The van der Waals surface area contributed by atoms with E-state index in [1.165, 1.54) is 17.9 Å². The Hall–Kier alpha value is -1.98. The summed E-state index contributed by atoms with van der Waals surface area (Å²) in [5, 5.41) is 14.8. The lowest BCUT2D eigenvalue weighted by atomic mass is 10.3. The molecule has 0 radical (unpaired) electrons. The molecule has 1 aromatic rings. The maximum Gasteiger partial charge on any atom is 0.309 e. The fourth-order valence-corrected chi connectivity index (χ4v) is 1.01. The quantitative estimate of drug-likeness (QED) is 0.637. The van der Waals surface area contributed by atoms with Crippen molar-refractivity contribution in [3.05, 3.63) is 24.0 Å². The minimum atomic E-state index is -0.875. The highest BCUT2D eigenvalue weighted by Crippen LogP contribution is 1.91. The zero-order chi connectivity index (χ0) is 11.3. The molecule has 15 heavy (non-hydrogen) atoms. The van der Waals surface area contributed by atoms with Crippen LogP contribution in [0.15, 0.2) is 18.5 Å². The van der Waals surface area contributed by atoms with Crippen LogP contribution in [0.4, 0.5) is 0 Å². The van der Waals surface area contributed by atoms with E-state index in [1.54, 1.807) is 12.3 Å². The molecule has 6 heteroatoms. The Morgan fingerprint density at radius 1 is 1.60 bits per heavy atom. The van der Waals surface area contributed by atoms with E-state index in [1.807, 2.05) is 0 Å². The van der Waals surface area contributed by atoms with Crippen LogP contribution in [-0.4, -0.2) is 29.1 Å². The fourth-order valence-electron chi connectivity index (χ4n) is 1.01. The third-order valence-electron chi connectivity index (χ3n) is 1.82. The maximum absolute atomic E-state index is 11.1. The average Bonchev–Trinajstić information content (AvgIpc) is 2.26. The van der Waals surface area contributed by atoms with Gasteiger partial charge in [-0.2, -0.15) is 0 Å². The maximum atomic E-state index is 11.1.